The van der Waals surface area contributed by atoms with Gasteiger partial charge in [0.1, 0.15) is 0 Å². The molecule has 14 heavy (non-hydrogen) atoms. The van der Waals surface area contributed by atoms with Crippen molar-refractivity contribution in [1.29, 1.82) is 0 Å². The van der Waals surface area contributed by atoms with Gasteiger partial charge in [-0.2, -0.15) is 5.10 Å². The van der Waals surface area contributed by atoms with Crippen molar-refractivity contribution in [2.75, 3.05) is 17.6 Å². The zero-order chi connectivity index (χ0) is 10.1. The Balaban J connectivity index is 2.23. The van der Waals surface area contributed by atoms with E-state index in [1.165, 1.54) is 0 Å². The second kappa shape index (κ2) is 3.65. The molecule has 1 N–H and O–H groups in total. The van der Waals surface area contributed by atoms with Crippen LogP contribution in [0, 0.1) is 13.8 Å². The first-order valence-corrected chi connectivity index (χ1v) is 5.61. The maximum absolute atomic E-state index is 4.35. The highest BCUT2D eigenvalue weighted by Gasteiger charge is 2.13. The quantitative estimate of drug-likeness (QED) is 0.764. The van der Waals surface area contributed by atoms with Gasteiger partial charge in [0.05, 0.1) is 23.6 Å². The predicted octanol–water partition coefficient (Wildman–Crippen LogP) is 1.55. The third-order valence-electron chi connectivity index (χ3n) is 2.33. The van der Waals surface area contributed by atoms with Gasteiger partial charge in [-0.3, -0.25) is 9.67 Å². The predicted molar refractivity (Wildman–Crippen MR) is 61.1 cm³/mol. The topological polar surface area (TPSA) is 42.2 Å². The molecule has 4 nitrogen and oxygen atoms in total. The van der Waals surface area contributed by atoms with Gasteiger partial charge in [-0.05, 0) is 13.8 Å². The molecular weight excluding hydrogens is 196 g/mol. The van der Waals surface area contributed by atoms with Crippen LogP contribution in [0.25, 0.3) is 0 Å². The lowest BCUT2D eigenvalue weighted by atomic mass is 10.3. The Morgan fingerprint density at radius 3 is 2.71 bits per heavy atom. The van der Waals surface area contributed by atoms with Crippen molar-refractivity contribution in [3.63, 3.8) is 0 Å². The van der Waals surface area contributed by atoms with E-state index in [0.717, 1.165) is 34.5 Å². The van der Waals surface area contributed by atoms with Crippen molar-refractivity contribution in [3.8, 4) is 0 Å². The molecule has 1 aromatic heterocycles. The first-order valence-electron chi connectivity index (χ1n) is 4.63. The second-order valence-corrected chi connectivity index (χ2v) is 4.41. The number of hydrogen-bond acceptors (Lipinski definition) is 4. The molecule has 0 atom stereocenters. The summed E-state index contributed by atoms with van der Waals surface area (Å²) in [6.07, 6.45) is 0. The van der Waals surface area contributed by atoms with E-state index in [0.29, 0.717) is 0 Å². The summed E-state index contributed by atoms with van der Waals surface area (Å²) < 4.78 is 1.89. The van der Waals surface area contributed by atoms with Gasteiger partial charge >= 0.3 is 0 Å². The van der Waals surface area contributed by atoms with Crippen LogP contribution in [0.1, 0.15) is 11.4 Å². The summed E-state index contributed by atoms with van der Waals surface area (Å²) in [6.45, 7) is 4.99. The first kappa shape index (κ1) is 9.58. The van der Waals surface area contributed by atoms with Crippen LogP contribution in [0.2, 0.25) is 0 Å². The molecular formula is C9H14N4S. The zero-order valence-corrected chi connectivity index (χ0v) is 9.48. The monoisotopic (exact) mass is 210 g/mol. The van der Waals surface area contributed by atoms with Gasteiger partial charge in [-0.15, -0.1) is 0 Å². The van der Waals surface area contributed by atoms with Crippen molar-refractivity contribution < 1.29 is 0 Å². The van der Waals surface area contributed by atoms with Gasteiger partial charge < -0.3 is 5.32 Å². The molecule has 1 aliphatic rings. The molecule has 0 aromatic carbocycles. The van der Waals surface area contributed by atoms with E-state index in [1.807, 2.05) is 18.7 Å². The second-order valence-electron chi connectivity index (χ2n) is 3.33. The van der Waals surface area contributed by atoms with E-state index >= 15 is 0 Å². The van der Waals surface area contributed by atoms with E-state index in [4.69, 9.17) is 0 Å². The van der Waals surface area contributed by atoms with Gasteiger partial charge in [0, 0.05) is 12.8 Å². The van der Waals surface area contributed by atoms with Gasteiger partial charge in [0.2, 0.25) is 0 Å². The van der Waals surface area contributed by atoms with Crippen LogP contribution in [0.4, 0.5) is 5.69 Å². The van der Waals surface area contributed by atoms with E-state index < -0.39 is 0 Å². The van der Waals surface area contributed by atoms with Crippen molar-refractivity contribution in [1.82, 2.24) is 9.78 Å². The molecule has 0 bridgehead atoms. The average molecular weight is 210 g/mol. The Bertz CT molecular complexity index is 380. The van der Waals surface area contributed by atoms with E-state index in [2.05, 4.69) is 22.3 Å². The van der Waals surface area contributed by atoms with E-state index in [-0.39, 0.29) is 0 Å². The van der Waals surface area contributed by atoms with Crippen molar-refractivity contribution in [2.24, 2.45) is 12.0 Å². The molecule has 2 rings (SSSR count). The van der Waals surface area contributed by atoms with Crippen molar-refractivity contribution in [2.45, 2.75) is 13.8 Å². The third-order valence-corrected chi connectivity index (χ3v) is 3.22. The molecule has 76 valence electrons. The van der Waals surface area contributed by atoms with E-state index in [9.17, 15) is 0 Å². The number of hydrogen-bond donors (Lipinski definition) is 1. The fourth-order valence-electron chi connectivity index (χ4n) is 1.47. The SMILES string of the molecule is Cc1nn(C)c(C)c1NC1=NCCS1. The molecule has 0 fully saturated rings. The highest BCUT2D eigenvalue weighted by atomic mass is 32.2. The minimum Gasteiger partial charge on any atom is -0.332 e. The third kappa shape index (κ3) is 1.64. The number of amidine groups is 1. The summed E-state index contributed by atoms with van der Waals surface area (Å²) in [7, 11) is 1.96. The van der Waals surface area contributed by atoms with Crippen molar-refractivity contribution in [3.05, 3.63) is 11.4 Å². The van der Waals surface area contributed by atoms with Crippen LogP contribution in [-0.2, 0) is 7.05 Å². The van der Waals surface area contributed by atoms with Gasteiger partial charge in [-0.25, -0.2) is 0 Å². The fourth-order valence-corrected chi connectivity index (χ4v) is 2.20. The molecule has 0 amide bonds. The molecule has 0 radical (unpaired) electrons. The number of rotatable bonds is 1. The summed E-state index contributed by atoms with van der Waals surface area (Å²) in [4.78, 5) is 4.35. The van der Waals surface area contributed by atoms with Gasteiger partial charge in [0.15, 0.2) is 5.17 Å². The van der Waals surface area contributed by atoms with Crippen LogP contribution in [-0.4, -0.2) is 27.2 Å². The minimum atomic E-state index is 0.922. The summed E-state index contributed by atoms with van der Waals surface area (Å²) >= 11 is 1.77. The van der Waals surface area contributed by atoms with Gasteiger partial charge in [0.25, 0.3) is 0 Å². The lowest BCUT2D eigenvalue weighted by molar-refractivity contribution is 0.731. The Morgan fingerprint density at radius 1 is 1.43 bits per heavy atom. The Labute approximate surface area is 87.8 Å². The molecule has 0 spiro atoms. The molecule has 1 aromatic rings. The maximum atomic E-state index is 4.35. The number of nitrogens with one attached hydrogen (secondary N) is 1. The number of nitrogens with zero attached hydrogens (tertiary/aromatic N) is 3. The minimum absolute atomic E-state index is 0.922. The largest absolute Gasteiger partial charge is 0.332 e. The summed E-state index contributed by atoms with van der Waals surface area (Å²) in [5.74, 6) is 1.08. The molecule has 0 unspecified atom stereocenters. The van der Waals surface area contributed by atoms with E-state index in [1.54, 1.807) is 11.8 Å². The Kier molecular flexibility index (Phi) is 2.50. The zero-order valence-electron chi connectivity index (χ0n) is 8.66. The van der Waals surface area contributed by atoms with Gasteiger partial charge in [-0.1, -0.05) is 11.8 Å². The first-order chi connectivity index (χ1) is 6.68. The number of aliphatic imine (C=N–C) groups is 1. The molecule has 0 saturated carbocycles. The molecule has 0 aliphatic carbocycles. The molecule has 2 heterocycles. The smallest absolute Gasteiger partial charge is 0.161 e. The lowest BCUT2D eigenvalue weighted by Crippen LogP contribution is -2.06. The standard InChI is InChI=1S/C9H14N4S/c1-6-8(7(2)13(3)12-6)11-9-10-4-5-14-9/h4-5H2,1-3H3,(H,10,11). The summed E-state index contributed by atoms with van der Waals surface area (Å²) in [5, 5.41) is 8.69. The average Bonchev–Trinajstić information content (AvgIpc) is 2.71. The fraction of sp³-hybridized carbons (Fsp3) is 0.556. The highest BCUT2D eigenvalue weighted by Crippen LogP contribution is 2.21. The number of aryl methyl sites for hydroxylation is 2. The lowest BCUT2D eigenvalue weighted by Gasteiger charge is -2.04. The van der Waals surface area contributed by atoms with Crippen LogP contribution in [0.3, 0.4) is 0 Å². The Morgan fingerprint density at radius 2 is 2.21 bits per heavy atom. The molecule has 5 heteroatoms. The normalized spacial score (nSPS) is 15.8. The summed E-state index contributed by atoms with van der Waals surface area (Å²) in [5.41, 5.74) is 3.28. The molecule has 0 saturated heterocycles. The van der Waals surface area contributed by atoms with Crippen LogP contribution in [0.15, 0.2) is 4.99 Å². The van der Waals surface area contributed by atoms with Crippen LogP contribution < -0.4 is 5.32 Å². The highest BCUT2D eigenvalue weighted by molar-refractivity contribution is 8.14. The molecule has 1 aliphatic heterocycles. The summed E-state index contributed by atoms with van der Waals surface area (Å²) in [6, 6.07) is 0. The maximum Gasteiger partial charge on any atom is 0.161 e. The van der Waals surface area contributed by atoms with Crippen LogP contribution >= 0.6 is 11.8 Å². The Hall–Kier alpha value is -0.970. The van der Waals surface area contributed by atoms with Crippen LogP contribution in [0.5, 0.6) is 0 Å². The van der Waals surface area contributed by atoms with Crippen molar-refractivity contribution >= 4 is 22.6 Å². The number of anilines is 1. The number of aromatic nitrogens is 2. The number of thioether (sulfide) groups is 1.